The summed E-state index contributed by atoms with van der Waals surface area (Å²) in [5.41, 5.74) is 3.17. The van der Waals surface area contributed by atoms with Gasteiger partial charge in [0.05, 0.1) is 0 Å². The van der Waals surface area contributed by atoms with Crippen molar-refractivity contribution < 1.29 is 9.21 Å². The summed E-state index contributed by atoms with van der Waals surface area (Å²) in [6.07, 6.45) is 8.92. The number of aromatic nitrogens is 2. The van der Waals surface area contributed by atoms with Gasteiger partial charge in [0, 0.05) is 30.1 Å². The molecule has 1 aliphatic rings. The normalized spacial score (nSPS) is 14.4. The molecule has 0 radical (unpaired) electrons. The number of benzene rings is 1. The number of amides is 1. The van der Waals surface area contributed by atoms with Crippen molar-refractivity contribution >= 4 is 28.8 Å². The first-order chi connectivity index (χ1) is 11.3. The Morgan fingerprint density at radius 1 is 1.22 bits per heavy atom. The standard InChI is InChI=1S/C18H15N3O2/c22-17(6-1-12-7-9-19-10-8-12)20-14-4-5-16-15(11-14)21-18(23-16)13-2-3-13/h1,4-11,13H,2-3H2,(H,20,22)/b6-1+. The second-order valence-corrected chi connectivity index (χ2v) is 5.61. The van der Waals surface area contributed by atoms with Crippen LogP contribution in [0.5, 0.6) is 0 Å². The number of carbonyl (C=O) groups excluding carboxylic acids is 1. The molecule has 0 spiro atoms. The molecule has 1 N–H and O–H groups in total. The zero-order valence-electron chi connectivity index (χ0n) is 12.4. The molecule has 0 atom stereocenters. The van der Waals surface area contributed by atoms with Gasteiger partial charge in [-0.2, -0.15) is 0 Å². The molecular weight excluding hydrogens is 290 g/mol. The van der Waals surface area contributed by atoms with Crippen molar-refractivity contribution in [1.82, 2.24) is 9.97 Å². The zero-order chi connectivity index (χ0) is 15.6. The maximum Gasteiger partial charge on any atom is 0.248 e. The lowest BCUT2D eigenvalue weighted by atomic mass is 10.2. The van der Waals surface area contributed by atoms with Crippen molar-refractivity contribution in [3.8, 4) is 0 Å². The molecule has 1 aromatic carbocycles. The number of oxazole rings is 1. The minimum atomic E-state index is -0.188. The summed E-state index contributed by atoms with van der Waals surface area (Å²) in [7, 11) is 0. The largest absolute Gasteiger partial charge is 0.440 e. The molecule has 0 bridgehead atoms. The number of nitrogens with one attached hydrogen (secondary N) is 1. The number of anilines is 1. The lowest BCUT2D eigenvalue weighted by Gasteiger charge is -2.01. The van der Waals surface area contributed by atoms with Gasteiger partial charge in [-0.05, 0) is 54.8 Å². The first-order valence-corrected chi connectivity index (χ1v) is 7.57. The van der Waals surface area contributed by atoms with Gasteiger partial charge in [0.15, 0.2) is 11.5 Å². The van der Waals surface area contributed by atoms with Gasteiger partial charge in [-0.1, -0.05) is 0 Å². The average molecular weight is 305 g/mol. The maximum atomic E-state index is 12.0. The second kappa shape index (κ2) is 5.68. The molecule has 4 rings (SSSR count). The molecule has 1 fully saturated rings. The van der Waals surface area contributed by atoms with E-state index >= 15 is 0 Å². The molecule has 2 heterocycles. The number of fused-ring (bicyclic) bond motifs is 1. The van der Waals surface area contributed by atoms with Crippen LogP contribution in [0.4, 0.5) is 5.69 Å². The Morgan fingerprint density at radius 3 is 2.83 bits per heavy atom. The number of nitrogens with zero attached hydrogens (tertiary/aromatic N) is 2. The molecule has 1 aliphatic carbocycles. The second-order valence-electron chi connectivity index (χ2n) is 5.61. The van der Waals surface area contributed by atoms with E-state index in [2.05, 4.69) is 15.3 Å². The fraction of sp³-hybridized carbons (Fsp3) is 0.167. The highest BCUT2D eigenvalue weighted by Crippen LogP contribution is 2.40. The van der Waals surface area contributed by atoms with E-state index in [1.165, 1.54) is 6.08 Å². The Hall–Kier alpha value is -2.95. The zero-order valence-corrected chi connectivity index (χ0v) is 12.4. The van der Waals surface area contributed by atoms with Crippen molar-refractivity contribution in [2.75, 3.05) is 5.32 Å². The SMILES string of the molecule is O=C(/C=C/c1ccncc1)Nc1ccc2oc(C3CC3)nc2c1. The van der Waals surface area contributed by atoms with Gasteiger partial charge in [0.25, 0.3) is 0 Å². The van der Waals surface area contributed by atoms with E-state index < -0.39 is 0 Å². The lowest BCUT2D eigenvalue weighted by molar-refractivity contribution is -0.111. The van der Waals surface area contributed by atoms with Gasteiger partial charge in [-0.15, -0.1) is 0 Å². The molecule has 0 saturated heterocycles. The summed E-state index contributed by atoms with van der Waals surface area (Å²) in [6, 6.07) is 9.18. The summed E-state index contributed by atoms with van der Waals surface area (Å²) in [4.78, 5) is 20.4. The maximum absolute atomic E-state index is 12.0. The molecular formula is C18H15N3O2. The van der Waals surface area contributed by atoms with Gasteiger partial charge >= 0.3 is 0 Å². The fourth-order valence-corrected chi connectivity index (χ4v) is 2.36. The molecule has 1 saturated carbocycles. The van der Waals surface area contributed by atoms with Crippen LogP contribution in [0.15, 0.2) is 53.2 Å². The van der Waals surface area contributed by atoms with Crippen LogP contribution in [0.25, 0.3) is 17.2 Å². The number of pyridine rings is 1. The van der Waals surface area contributed by atoms with Gasteiger partial charge in [-0.3, -0.25) is 9.78 Å². The third kappa shape index (κ3) is 3.13. The number of hydrogen-bond acceptors (Lipinski definition) is 4. The molecule has 0 unspecified atom stereocenters. The van der Waals surface area contributed by atoms with Crippen LogP contribution in [0, 0.1) is 0 Å². The van der Waals surface area contributed by atoms with Crippen molar-refractivity contribution in [1.29, 1.82) is 0 Å². The third-order valence-electron chi connectivity index (χ3n) is 3.73. The van der Waals surface area contributed by atoms with E-state index in [-0.39, 0.29) is 5.91 Å². The minimum absolute atomic E-state index is 0.188. The molecule has 5 heteroatoms. The van der Waals surface area contributed by atoms with Gasteiger partial charge in [-0.25, -0.2) is 4.98 Å². The van der Waals surface area contributed by atoms with E-state index in [1.54, 1.807) is 18.5 Å². The highest BCUT2D eigenvalue weighted by molar-refractivity contribution is 6.02. The smallest absolute Gasteiger partial charge is 0.248 e. The third-order valence-corrected chi connectivity index (χ3v) is 3.73. The van der Waals surface area contributed by atoms with Crippen molar-refractivity contribution in [2.24, 2.45) is 0 Å². The minimum Gasteiger partial charge on any atom is -0.440 e. The molecule has 1 amide bonds. The predicted octanol–water partition coefficient (Wildman–Crippen LogP) is 3.75. The number of hydrogen-bond donors (Lipinski definition) is 1. The lowest BCUT2D eigenvalue weighted by Crippen LogP contribution is -2.07. The quantitative estimate of drug-likeness (QED) is 0.745. The van der Waals surface area contributed by atoms with Crippen LogP contribution >= 0.6 is 0 Å². The van der Waals surface area contributed by atoms with Crippen molar-refractivity contribution in [3.63, 3.8) is 0 Å². The molecule has 114 valence electrons. The van der Waals surface area contributed by atoms with Crippen molar-refractivity contribution in [2.45, 2.75) is 18.8 Å². The Morgan fingerprint density at radius 2 is 2.04 bits per heavy atom. The van der Waals surface area contributed by atoms with E-state index in [0.717, 1.165) is 35.4 Å². The van der Waals surface area contributed by atoms with E-state index in [1.807, 2.05) is 30.3 Å². The fourth-order valence-electron chi connectivity index (χ4n) is 2.36. The van der Waals surface area contributed by atoms with E-state index in [0.29, 0.717) is 11.6 Å². The molecule has 5 nitrogen and oxygen atoms in total. The molecule has 2 aromatic heterocycles. The van der Waals surface area contributed by atoms with Crippen molar-refractivity contribution in [3.05, 3.63) is 60.3 Å². The van der Waals surface area contributed by atoms with E-state index in [9.17, 15) is 4.79 Å². The van der Waals surface area contributed by atoms with Crippen LogP contribution in [0.3, 0.4) is 0 Å². The molecule has 0 aliphatic heterocycles. The van der Waals surface area contributed by atoms with Gasteiger partial charge in [0.1, 0.15) is 5.52 Å². The van der Waals surface area contributed by atoms with Crippen LogP contribution < -0.4 is 5.32 Å². The first-order valence-electron chi connectivity index (χ1n) is 7.57. The Balaban J connectivity index is 1.48. The van der Waals surface area contributed by atoms with Gasteiger partial charge in [0.2, 0.25) is 5.91 Å². The topological polar surface area (TPSA) is 68.0 Å². The average Bonchev–Trinajstić information content (AvgIpc) is 3.34. The monoisotopic (exact) mass is 305 g/mol. The van der Waals surface area contributed by atoms with E-state index in [4.69, 9.17) is 4.42 Å². The Bertz CT molecular complexity index is 880. The Kier molecular flexibility index (Phi) is 3.38. The highest BCUT2D eigenvalue weighted by Gasteiger charge is 2.28. The summed E-state index contributed by atoms with van der Waals surface area (Å²) < 4.78 is 5.71. The molecule has 3 aromatic rings. The van der Waals surface area contributed by atoms with Crippen LogP contribution in [0.2, 0.25) is 0 Å². The van der Waals surface area contributed by atoms with Crippen LogP contribution in [-0.2, 0) is 4.79 Å². The van der Waals surface area contributed by atoms with Gasteiger partial charge < -0.3 is 9.73 Å². The molecule has 23 heavy (non-hydrogen) atoms. The van der Waals surface area contributed by atoms with Crippen LogP contribution in [-0.4, -0.2) is 15.9 Å². The Labute approximate surface area is 133 Å². The summed E-state index contributed by atoms with van der Waals surface area (Å²) in [6.45, 7) is 0. The summed E-state index contributed by atoms with van der Waals surface area (Å²) in [5, 5.41) is 2.84. The predicted molar refractivity (Wildman–Crippen MR) is 87.9 cm³/mol. The summed E-state index contributed by atoms with van der Waals surface area (Å²) in [5.74, 6) is 1.09. The van der Waals surface area contributed by atoms with Crippen LogP contribution in [0.1, 0.15) is 30.2 Å². The first kappa shape index (κ1) is 13.7. The number of rotatable bonds is 4. The summed E-state index contributed by atoms with van der Waals surface area (Å²) >= 11 is 0. The number of carbonyl (C=O) groups is 1. The highest BCUT2D eigenvalue weighted by atomic mass is 16.3.